The predicted octanol–water partition coefficient (Wildman–Crippen LogP) is 7.22. The highest BCUT2D eigenvalue weighted by Crippen LogP contribution is 2.32. The highest BCUT2D eigenvalue weighted by Gasteiger charge is 2.43. The number of nitrogens with zero attached hydrogens (tertiary/aromatic N) is 2. The summed E-state index contributed by atoms with van der Waals surface area (Å²) in [6, 6.07) is 63.8. The topological polar surface area (TPSA) is 17.8 Å². The minimum Gasteiger partial charge on any atom is -0.309 e. The summed E-state index contributed by atoms with van der Waals surface area (Å²) in [5.74, 6) is 0. The highest BCUT2D eigenvalue weighted by molar-refractivity contribution is 7.19. The Labute approximate surface area is 258 Å². The molecule has 2 aromatic heterocycles. The first kappa shape index (κ1) is 26.1. The van der Waals surface area contributed by atoms with Crippen molar-refractivity contribution in [2.24, 2.45) is 0 Å². The maximum Gasteiger partial charge on any atom is 0.201 e. The summed E-state index contributed by atoms with van der Waals surface area (Å²) in [5.41, 5.74) is 5.96. The molecule has 2 heterocycles. The number of pyridine rings is 1. The highest BCUT2D eigenvalue weighted by atomic mass is 28.3. The predicted molar refractivity (Wildman–Crippen MR) is 188 cm³/mol. The monoisotopic (exact) mass is 578 g/mol. The number of para-hydroxylation sites is 2. The molecule has 0 aliphatic rings. The van der Waals surface area contributed by atoms with Crippen molar-refractivity contribution < 1.29 is 0 Å². The van der Waals surface area contributed by atoms with Crippen LogP contribution in [0, 0.1) is 0 Å². The van der Waals surface area contributed by atoms with E-state index >= 15 is 0 Å². The molecular formula is C41H30N2Si. The average molecular weight is 579 g/mol. The summed E-state index contributed by atoms with van der Waals surface area (Å²) in [6.45, 7) is 0. The molecule has 2 nitrogen and oxygen atoms in total. The number of hydrogen-bond acceptors (Lipinski definition) is 1. The van der Waals surface area contributed by atoms with Crippen molar-refractivity contribution >= 4 is 50.8 Å². The Morgan fingerprint density at radius 3 is 1.66 bits per heavy atom. The number of hydrogen-bond donors (Lipinski definition) is 0. The Balaban J connectivity index is 1.48. The Morgan fingerprint density at radius 2 is 0.977 bits per heavy atom. The summed E-state index contributed by atoms with van der Waals surface area (Å²) in [4.78, 5) is 5.22. The minimum absolute atomic E-state index is 1.13. The van der Waals surface area contributed by atoms with Crippen LogP contribution >= 0.6 is 0 Å². The number of benzene rings is 6. The second kappa shape index (κ2) is 11.0. The van der Waals surface area contributed by atoms with Crippen molar-refractivity contribution in [1.82, 2.24) is 9.55 Å². The van der Waals surface area contributed by atoms with E-state index in [2.05, 4.69) is 180 Å². The lowest BCUT2D eigenvalue weighted by Crippen LogP contribution is -2.75. The van der Waals surface area contributed by atoms with E-state index in [1.54, 1.807) is 0 Å². The van der Waals surface area contributed by atoms with Gasteiger partial charge in [0.05, 0.1) is 11.0 Å². The second-order valence-corrected chi connectivity index (χ2v) is 14.9. The van der Waals surface area contributed by atoms with Gasteiger partial charge < -0.3 is 4.57 Å². The molecular weight excluding hydrogens is 549 g/mol. The molecule has 0 aliphatic carbocycles. The van der Waals surface area contributed by atoms with Gasteiger partial charge in [-0.2, -0.15) is 0 Å². The van der Waals surface area contributed by atoms with Crippen molar-refractivity contribution in [3.63, 3.8) is 0 Å². The molecule has 0 unspecified atom stereocenters. The van der Waals surface area contributed by atoms with E-state index in [-0.39, 0.29) is 0 Å². The van der Waals surface area contributed by atoms with E-state index in [0.717, 1.165) is 5.32 Å². The lowest BCUT2D eigenvalue weighted by atomic mass is 10.1. The molecule has 8 rings (SSSR count). The molecule has 208 valence electrons. The Hall–Kier alpha value is -5.51. The van der Waals surface area contributed by atoms with Crippen LogP contribution in [-0.4, -0.2) is 17.6 Å². The molecule has 0 spiro atoms. The second-order valence-electron chi connectivity index (χ2n) is 11.2. The van der Waals surface area contributed by atoms with Crippen LogP contribution in [0.4, 0.5) is 0 Å². The number of aromatic nitrogens is 2. The van der Waals surface area contributed by atoms with Crippen LogP contribution in [0.1, 0.15) is 0 Å². The third-order valence-electron chi connectivity index (χ3n) is 8.78. The van der Waals surface area contributed by atoms with Crippen molar-refractivity contribution in [2.75, 3.05) is 0 Å². The van der Waals surface area contributed by atoms with Gasteiger partial charge in [0.1, 0.15) is 0 Å². The van der Waals surface area contributed by atoms with Crippen LogP contribution in [0.15, 0.2) is 182 Å². The fourth-order valence-electron chi connectivity index (χ4n) is 6.83. The Bertz CT molecular complexity index is 2170. The molecule has 0 saturated heterocycles. The van der Waals surface area contributed by atoms with Crippen LogP contribution in [0.25, 0.3) is 38.6 Å². The van der Waals surface area contributed by atoms with Gasteiger partial charge in [0.2, 0.25) is 8.07 Å². The lowest BCUT2D eigenvalue weighted by molar-refractivity contribution is 1.18. The van der Waals surface area contributed by atoms with Gasteiger partial charge in [-0.25, -0.2) is 0 Å². The van der Waals surface area contributed by atoms with Crippen molar-refractivity contribution in [3.05, 3.63) is 182 Å². The Morgan fingerprint density at radius 1 is 0.409 bits per heavy atom. The van der Waals surface area contributed by atoms with Crippen molar-refractivity contribution in [2.45, 2.75) is 0 Å². The molecule has 0 bridgehead atoms. The summed E-state index contributed by atoms with van der Waals surface area (Å²) < 4.78 is 2.39. The number of rotatable bonds is 6. The van der Waals surface area contributed by atoms with Crippen LogP contribution in [-0.2, 0) is 0 Å². The SMILES string of the molecule is c1ccc(-c2ccnc([Si](c3ccccc3)(c3ccccc3)c3ccc4c(c3)c3ccccc3n4-c3ccccc3)c2)cc1. The molecule has 3 heteroatoms. The molecule has 0 N–H and O–H groups in total. The number of fused-ring (bicyclic) bond motifs is 3. The summed E-state index contributed by atoms with van der Waals surface area (Å²) in [7, 11) is -2.86. The summed E-state index contributed by atoms with van der Waals surface area (Å²) in [6.07, 6.45) is 1.99. The van der Waals surface area contributed by atoms with Gasteiger partial charge in [-0.05, 0) is 63.1 Å². The first-order chi connectivity index (χ1) is 21.8. The van der Waals surface area contributed by atoms with Gasteiger partial charge in [-0.3, -0.25) is 4.98 Å². The third kappa shape index (κ3) is 4.21. The van der Waals surface area contributed by atoms with Crippen LogP contribution in [0.5, 0.6) is 0 Å². The Kier molecular flexibility index (Phi) is 6.51. The minimum atomic E-state index is -2.86. The van der Waals surface area contributed by atoms with Crippen LogP contribution in [0.2, 0.25) is 0 Å². The molecule has 0 amide bonds. The van der Waals surface area contributed by atoms with Gasteiger partial charge in [-0.15, -0.1) is 0 Å². The molecule has 0 aliphatic heterocycles. The van der Waals surface area contributed by atoms with E-state index in [9.17, 15) is 0 Å². The van der Waals surface area contributed by atoms with Crippen molar-refractivity contribution in [3.8, 4) is 16.8 Å². The smallest absolute Gasteiger partial charge is 0.201 e. The zero-order valence-corrected chi connectivity index (χ0v) is 25.2. The molecule has 0 saturated carbocycles. The fraction of sp³-hybridized carbons (Fsp3) is 0. The molecule has 0 radical (unpaired) electrons. The van der Waals surface area contributed by atoms with Crippen molar-refractivity contribution in [1.29, 1.82) is 0 Å². The molecule has 6 aromatic carbocycles. The van der Waals surface area contributed by atoms with Gasteiger partial charge in [-0.1, -0.05) is 140 Å². The first-order valence-corrected chi connectivity index (χ1v) is 17.1. The van der Waals surface area contributed by atoms with Crippen LogP contribution < -0.4 is 20.9 Å². The van der Waals surface area contributed by atoms with E-state index < -0.39 is 8.07 Å². The molecule has 8 aromatic rings. The van der Waals surface area contributed by atoms with Gasteiger partial charge in [0.15, 0.2) is 0 Å². The molecule has 0 atom stereocenters. The van der Waals surface area contributed by atoms with E-state index in [1.165, 1.54) is 54.2 Å². The maximum atomic E-state index is 5.22. The summed E-state index contributed by atoms with van der Waals surface area (Å²) >= 11 is 0. The largest absolute Gasteiger partial charge is 0.309 e. The van der Waals surface area contributed by atoms with Crippen LogP contribution in [0.3, 0.4) is 0 Å². The third-order valence-corrected chi connectivity index (χ3v) is 13.4. The first-order valence-electron chi connectivity index (χ1n) is 15.1. The van der Waals surface area contributed by atoms with Gasteiger partial charge >= 0.3 is 0 Å². The van der Waals surface area contributed by atoms with Gasteiger partial charge in [0, 0.05) is 28.0 Å². The average Bonchev–Trinajstić information content (AvgIpc) is 3.44. The van der Waals surface area contributed by atoms with E-state index in [0.29, 0.717) is 0 Å². The van der Waals surface area contributed by atoms with E-state index in [4.69, 9.17) is 4.98 Å². The standard InChI is InChI=1S/C41H30N2Si/c1-5-15-31(16-6-1)32-27-28-42-41(29-32)44(34-19-9-3-10-20-34,35-21-11-4-12-22-35)36-25-26-40-38(30-36)37-23-13-14-24-39(37)43(40)33-17-7-2-8-18-33/h1-30H. The van der Waals surface area contributed by atoms with E-state index in [1.807, 2.05) is 6.20 Å². The lowest BCUT2D eigenvalue weighted by Gasteiger charge is -2.33. The zero-order valence-electron chi connectivity index (χ0n) is 24.2. The molecule has 0 fully saturated rings. The summed E-state index contributed by atoms with van der Waals surface area (Å²) in [5, 5.41) is 7.58. The normalized spacial score (nSPS) is 11.6. The maximum absolute atomic E-state index is 5.22. The fourth-order valence-corrected chi connectivity index (χ4v) is 11.4. The van der Waals surface area contributed by atoms with Gasteiger partial charge in [0.25, 0.3) is 0 Å². The zero-order chi connectivity index (χ0) is 29.3. The molecule has 44 heavy (non-hydrogen) atoms. The quantitative estimate of drug-likeness (QED) is 0.150.